The molecular weight excluding hydrogens is 382 g/mol. The van der Waals surface area contributed by atoms with Gasteiger partial charge in [0.1, 0.15) is 11.1 Å². The minimum Gasteiger partial charge on any atom is -0.361 e. The number of benzene rings is 1. The van der Waals surface area contributed by atoms with E-state index >= 15 is 0 Å². The summed E-state index contributed by atoms with van der Waals surface area (Å²) in [6, 6.07) is 8.52. The molecule has 3 aromatic rings. The number of aliphatic imine (C=N–C) groups is 1. The van der Waals surface area contributed by atoms with Crippen molar-refractivity contribution in [3.8, 4) is 6.07 Å². The minimum absolute atomic E-state index is 0.700. The van der Waals surface area contributed by atoms with Crippen LogP contribution in [0.15, 0.2) is 33.9 Å². The summed E-state index contributed by atoms with van der Waals surface area (Å²) >= 11 is 5.20. The Kier molecular flexibility index (Phi) is 4.03. The molecule has 1 unspecified atom stereocenters. The molecule has 1 aliphatic carbocycles. The van der Waals surface area contributed by atoms with Crippen molar-refractivity contribution in [3.05, 3.63) is 50.4 Å². The number of aromatic amines is 1. The topological polar surface area (TPSA) is 51.9 Å². The van der Waals surface area contributed by atoms with Gasteiger partial charge in [0.05, 0.1) is 5.56 Å². The smallest absolute Gasteiger partial charge is 0.134 e. The first-order valence-corrected chi connectivity index (χ1v) is 9.62. The van der Waals surface area contributed by atoms with Gasteiger partial charge in [0.2, 0.25) is 0 Å². The highest BCUT2D eigenvalue weighted by atomic mass is 79.9. The summed E-state index contributed by atoms with van der Waals surface area (Å²) in [6.07, 6.45) is 7.07. The van der Waals surface area contributed by atoms with Crippen LogP contribution in [0.1, 0.15) is 34.9 Å². The van der Waals surface area contributed by atoms with Gasteiger partial charge in [-0.25, -0.2) is 4.99 Å². The normalized spacial score (nSPS) is 17.3. The zero-order chi connectivity index (χ0) is 16.7. The molecule has 1 atom stereocenters. The molecule has 0 saturated carbocycles. The van der Waals surface area contributed by atoms with Crippen molar-refractivity contribution in [1.29, 1.82) is 5.26 Å². The highest BCUT2D eigenvalue weighted by Gasteiger charge is 2.23. The van der Waals surface area contributed by atoms with Gasteiger partial charge >= 0.3 is 0 Å². The van der Waals surface area contributed by atoms with Gasteiger partial charge < -0.3 is 4.98 Å². The van der Waals surface area contributed by atoms with E-state index in [2.05, 4.69) is 45.0 Å². The van der Waals surface area contributed by atoms with Crippen LogP contribution in [-0.4, -0.2) is 11.2 Å². The largest absolute Gasteiger partial charge is 0.361 e. The van der Waals surface area contributed by atoms with Crippen molar-refractivity contribution in [2.24, 2.45) is 10.9 Å². The fourth-order valence-electron chi connectivity index (χ4n) is 3.29. The van der Waals surface area contributed by atoms with Crippen LogP contribution >= 0.6 is 27.3 Å². The van der Waals surface area contributed by atoms with E-state index in [1.54, 1.807) is 11.3 Å². The van der Waals surface area contributed by atoms with Crippen LogP contribution < -0.4 is 0 Å². The van der Waals surface area contributed by atoms with E-state index in [0.717, 1.165) is 50.8 Å². The van der Waals surface area contributed by atoms with Crippen LogP contribution in [0.3, 0.4) is 0 Å². The number of thiophene rings is 1. The molecule has 0 radical (unpaired) electrons. The van der Waals surface area contributed by atoms with Gasteiger partial charge in [0.25, 0.3) is 0 Å². The molecule has 1 aliphatic rings. The molecule has 0 fully saturated rings. The minimum atomic E-state index is 0.700. The van der Waals surface area contributed by atoms with Gasteiger partial charge in [-0.3, -0.25) is 0 Å². The molecule has 4 rings (SSSR count). The molecule has 0 saturated heterocycles. The second-order valence-corrected chi connectivity index (χ2v) is 8.34. The lowest BCUT2D eigenvalue weighted by Crippen LogP contribution is -2.09. The SMILES string of the molecule is CC1CCc2c(sc(/N=C/c3c[nH]c4ccc(Br)cc34)c2C#N)C1. The number of nitriles is 1. The molecule has 5 heteroatoms. The number of aromatic nitrogens is 1. The van der Waals surface area contributed by atoms with Gasteiger partial charge in [-0.2, -0.15) is 5.26 Å². The monoisotopic (exact) mass is 397 g/mol. The summed E-state index contributed by atoms with van der Waals surface area (Å²) in [7, 11) is 0. The molecule has 0 amide bonds. The van der Waals surface area contributed by atoms with Crippen LogP contribution in [0.25, 0.3) is 10.9 Å². The number of nitrogens with one attached hydrogen (secondary N) is 1. The summed E-state index contributed by atoms with van der Waals surface area (Å²) in [5, 5.41) is 11.5. The number of hydrogen-bond acceptors (Lipinski definition) is 3. The molecule has 0 spiro atoms. The predicted molar refractivity (Wildman–Crippen MR) is 103 cm³/mol. The van der Waals surface area contributed by atoms with Gasteiger partial charge in [-0.1, -0.05) is 22.9 Å². The molecule has 0 bridgehead atoms. The van der Waals surface area contributed by atoms with E-state index in [1.807, 2.05) is 24.5 Å². The van der Waals surface area contributed by atoms with Crippen LogP contribution in [0.5, 0.6) is 0 Å². The van der Waals surface area contributed by atoms with Crippen LogP contribution in [-0.2, 0) is 12.8 Å². The first-order valence-electron chi connectivity index (χ1n) is 8.01. The Labute approximate surface area is 153 Å². The van der Waals surface area contributed by atoms with Crippen LogP contribution in [0.2, 0.25) is 0 Å². The van der Waals surface area contributed by atoms with E-state index in [4.69, 9.17) is 0 Å². The molecule has 0 aliphatic heterocycles. The van der Waals surface area contributed by atoms with Crippen LogP contribution in [0.4, 0.5) is 5.00 Å². The number of H-pyrrole nitrogens is 1. The second kappa shape index (κ2) is 6.19. The lowest BCUT2D eigenvalue weighted by molar-refractivity contribution is 0.507. The molecule has 120 valence electrons. The third kappa shape index (κ3) is 2.70. The highest BCUT2D eigenvalue weighted by Crippen LogP contribution is 2.40. The zero-order valence-corrected chi connectivity index (χ0v) is 15.7. The van der Waals surface area contributed by atoms with Gasteiger partial charge in [0, 0.05) is 38.2 Å². The number of rotatable bonds is 2. The van der Waals surface area contributed by atoms with Crippen molar-refractivity contribution in [2.75, 3.05) is 0 Å². The quantitative estimate of drug-likeness (QED) is 0.550. The van der Waals surface area contributed by atoms with E-state index in [-0.39, 0.29) is 0 Å². The van der Waals surface area contributed by atoms with E-state index < -0.39 is 0 Å². The molecule has 2 heterocycles. The van der Waals surface area contributed by atoms with Gasteiger partial charge in [-0.15, -0.1) is 11.3 Å². The standard InChI is InChI=1S/C19H16BrN3S/c1-11-2-4-14-16(8-21)19(24-18(14)6-11)23-10-12-9-22-17-5-3-13(20)7-15(12)17/h3,5,7,9-11,22H,2,4,6H2,1H3/b23-10+. The Morgan fingerprint density at radius 3 is 3.17 bits per heavy atom. The average molecular weight is 398 g/mol. The summed E-state index contributed by atoms with van der Waals surface area (Å²) in [5.74, 6) is 0.700. The van der Waals surface area contributed by atoms with E-state index in [1.165, 1.54) is 10.4 Å². The maximum atomic E-state index is 9.56. The summed E-state index contributed by atoms with van der Waals surface area (Å²) in [4.78, 5) is 9.27. The van der Waals surface area contributed by atoms with Crippen molar-refractivity contribution >= 4 is 49.4 Å². The lowest BCUT2D eigenvalue weighted by Gasteiger charge is -2.17. The Balaban J connectivity index is 1.73. The van der Waals surface area contributed by atoms with Gasteiger partial charge in [-0.05, 0) is 48.9 Å². The summed E-state index contributed by atoms with van der Waals surface area (Å²) < 4.78 is 1.04. The van der Waals surface area contributed by atoms with Crippen LogP contribution in [0, 0.1) is 17.2 Å². The Morgan fingerprint density at radius 2 is 2.33 bits per heavy atom. The fourth-order valence-corrected chi connectivity index (χ4v) is 4.96. The predicted octanol–water partition coefficient (Wildman–Crippen LogP) is 5.74. The first-order chi connectivity index (χ1) is 11.7. The van der Waals surface area contributed by atoms with E-state index in [9.17, 15) is 5.26 Å². The zero-order valence-electron chi connectivity index (χ0n) is 13.3. The van der Waals surface area contributed by atoms with Crippen molar-refractivity contribution in [3.63, 3.8) is 0 Å². The molecular formula is C19H16BrN3S. The second-order valence-electron chi connectivity index (χ2n) is 6.34. The highest BCUT2D eigenvalue weighted by molar-refractivity contribution is 9.10. The van der Waals surface area contributed by atoms with Crippen molar-refractivity contribution < 1.29 is 0 Å². The fraction of sp³-hybridized carbons (Fsp3) is 0.263. The van der Waals surface area contributed by atoms with Crippen molar-refractivity contribution in [2.45, 2.75) is 26.2 Å². The lowest BCUT2D eigenvalue weighted by atomic mass is 9.89. The van der Waals surface area contributed by atoms with E-state index in [0.29, 0.717) is 5.92 Å². The summed E-state index contributed by atoms with van der Waals surface area (Å²) in [6.45, 7) is 2.28. The molecule has 1 aromatic carbocycles. The number of hydrogen-bond donors (Lipinski definition) is 1. The maximum absolute atomic E-state index is 9.56. The number of halogens is 1. The average Bonchev–Trinajstić information content (AvgIpc) is 3.12. The molecule has 1 N–H and O–H groups in total. The Bertz CT molecular complexity index is 990. The van der Waals surface area contributed by atoms with Gasteiger partial charge in [0.15, 0.2) is 0 Å². The third-order valence-corrected chi connectivity index (χ3v) is 6.26. The molecule has 2 aromatic heterocycles. The number of nitrogens with zero attached hydrogens (tertiary/aromatic N) is 2. The third-order valence-electron chi connectivity index (χ3n) is 4.60. The molecule has 24 heavy (non-hydrogen) atoms. The van der Waals surface area contributed by atoms with Crippen molar-refractivity contribution in [1.82, 2.24) is 4.98 Å². The maximum Gasteiger partial charge on any atom is 0.134 e. The Morgan fingerprint density at radius 1 is 1.46 bits per heavy atom. The number of fused-ring (bicyclic) bond motifs is 2. The first kappa shape index (κ1) is 15.6. The molecule has 3 nitrogen and oxygen atoms in total. The Hall–Kier alpha value is -1.90. The summed E-state index contributed by atoms with van der Waals surface area (Å²) in [5.41, 5.74) is 4.13.